The highest BCUT2D eigenvalue weighted by Crippen LogP contribution is 2.38. The predicted molar refractivity (Wildman–Crippen MR) is 85.7 cm³/mol. The number of fused-ring (bicyclic) bond motifs is 1. The third-order valence-electron chi connectivity index (χ3n) is 3.44. The van der Waals surface area contributed by atoms with Crippen LogP contribution in [0.2, 0.25) is 0 Å². The maximum atomic E-state index is 14.0. The molecule has 24 heavy (non-hydrogen) atoms. The van der Waals surface area contributed by atoms with Gasteiger partial charge in [0, 0.05) is 35.5 Å². The number of ether oxygens (including phenoxy) is 3. The predicted octanol–water partition coefficient (Wildman–Crippen LogP) is 3.90. The minimum atomic E-state index is -0.891. The zero-order valence-corrected chi connectivity index (χ0v) is 13.0. The molecule has 0 unspecified atom stereocenters. The molecular weight excluding hydrogens is 318 g/mol. The highest BCUT2D eigenvalue weighted by atomic mass is 19.1. The van der Waals surface area contributed by atoms with Crippen molar-refractivity contribution >= 4 is 16.6 Å². The number of rotatable bonds is 4. The maximum absolute atomic E-state index is 14.0. The fraction of sp³-hybridized carbons (Fsp3) is 0.118. The quantitative estimate of drug-likeness (QED) is 0.734. The first-order valence-corrected chi connectivity index (χ1v) is 6.96. The average molecular weight is 332 g/mol. The van der Waals surface area contributed by atoms with E-state index in [0.717, 1.165) is 12.1 Å². The molecule has 0 aliphatic carbocycles. The van der Waals surface area contributed by atoms with Crippen molar-refractivity contribution in [1.29, 1.82) is 0 Å². The lowest BCUT2D eigenvalue weighted by molar-refractivity contribution is 0.355. The van der Waals surface area contributed by atoms with Crippen LogP contribution in [0, 0.1) is 11.6 Å². The van der Waals surface area contributed by atoms with E-state index in [1.165, 1.54) is 26.5 Å². The Kier molecular flexibility index (Phi) is 4.07. The number of nitrogens with two attached hydrogens (primary N) is 1. The molecule has 3 rings (SSSR count). The van der Waals surface area contributed by atoms with Gasteiger partial charge in [0.05, 0.1) is 19.7 Å². The van der Waals surface area contributed by atoms with Crippen LogP contribution in [-0.2, 0) is 0 Å². The van der Waals surface area contributed by atoms with Crippen LogP contribution in [0.1, 0.15) is 0 Å². The van der Waals surface area contributed by atoms with Crippen LogP contribution >= 0.6 is 0 Å². The Hall–Kier alpha value is -3.09. The largest absolute Gasteiger partial charge is 0.493 e. The molecule has 0 fully saturated rings. The molecule has 0 saturated carbocycles. The molecule has 2 N–H and O–H groups in total. The van der Waals surface area contributed by atoms with Crippen LogP contribution in [0.25, 0.3) is 10.9 Å². The topological polar surface area (TPSA) is 66.6 Å². The van der Waals surface area contributed by atoms with Gasteiger partial charge in [-0.3, -0.25) is 4.98 Å². The lowest BCUT2D eigenvalue weighted by atomic mass is 10.1. The summed E-state index contributed by atoms with van der Waals surface area (Å²) in [5, 5.41) is 0.519. The van der Waals surface area contributed by atoms with E-state index < -0.39 is 17.4 Å². The molecule has 1 aromatic heterocycles. The molecule has 0 aliphatic rings. The van der Waals surface area contributed by atoms with Gasteiger partial charge in [0.25, 0.3) is 0 Å². The van der Waals surface area contributed by atoms with E-state index >= 15 is 0 Å². The summed E-state index contributed by atoms with van der Waals surface area (Å²) in [7, 11) is 2.99. The molecule has 0 bridgehead atoms. The molecule has 124 valence electrons. The molecule has 2 aromatic carbocycles. The fourth-order valence-corrected chi connectivity index (χ4v) is 2.32. The van der Waals surface area contributed by atoms with Gasteiger partial charge in [-0.1, -0.05) is 0 Å². The standard InChI is InChI=1S/C17H14F2N2O3/c1-22-15-7-10-13(8-16(15)23-2)21-4-3-14(10)24-17-11(18)5-9(20)6-12(17)19/h3-8H,20H2,1-2H3. The summed E-state index contributed by atoms with van der Waals surface area (Å²) in [6.07, 6.45) is 1.47. The van der Waals surface area contributed by atoms with Crippen molar-refractivity contribution in [2.75, 3.05) is 20.0 Å². The summed E-state index contributed by atoms with van der Waals surface area (Å²) in [6.45, 7) is 0. The van der Waals surface area contributed by atoms with E-state index in [9.17, 15) is 8.78 Å². The first-order chi connectivity index (χ1) is 11.5. The number of hydrogen-bond acceptors (Lipinski definition) is 5. The van der Waals surface area contributed by atoms with Crippen molar-refractivity contribution < 1.29 is 23.0 Å². The normalized spacial score (nSPS) is 10.7. The smallest absolute Gasteiger partial charge is 0.198 e. The second-order valence-corrected chi connectivity index (χ2v) is 4.95. The number of pyridine rings is 1. The van der Waals surface area contributed by atoms with E-state index in [1.54, 1.807) is 12.1 Å². The van der Waals surface area contributed by atoms with Gasteiger partial charge in [0.2, 0.25) is 0 Å². The van der Waals surface area contributed by atoms with E-state index in [4.69, 9.17) is 19.9 Å². The van der Waals surface area contributed by atoms with Crippen molar-refractivity contribution in [3.05, 3.63) is 48.2 Å². The van der Waals surface area contributed by atoms with Crippen molar-refractivity contribution in [2.45, 2.75) is 0 Å². The summed E-state index contributed by atoms with van der Waals surface area (Å²) in [4.78, 5) is 4.20. The van der Waals surface area contributed by atoms with Crippen LogP contribution < -0.4 is 19.9 Å². The van der Waals surface area contributed by atoms with Crippen LogP contribution in [0.3, 0.4) is 0 Å². The summed E-state index contributed by atoms with van der Waals surface area (Å²) in [5.41, 5.74) is 5.91. The number of nitrogen functional groups attached to an aromatic ring is 1. The molecule has 0 spiro atoms. The molecule has 0 aliphatic heterocycles. The van der Waals surface area contributed by atoms with Gasteiger partial charge in [-0.05, 0) is 12.1 Å². The molecular formula is C17H14F2N2O3. The van der Waals surface area contributed by atoms with E-state index in [1.807, 2.05) is 0 Å². The second-order valence-electron chi connectivity index (χ2n) is 4.95. The lowest BCUT2D eigenvalue weighted by Crippen LogP contribution is -1.97. The first-order valence-electron chi connectivity index (χ1n) is 6.96. The lowest BCUT2D eigenvalue weighted by Gasteiger charge is -2.13. The maximum Gasteiger partial charge on any atom is 0.198 e. The molecule has 1 heterocycles. The minimum Gasteiger partial charge on any atom is -0.493 e. The Morgan fingerprint density at radius 2 is 1.54 bits per heavy atom. The molecule has 5 nitrogen and oxygen atoms in total. The number of aromatic nitrogens is 1. The van der Waals surface area contributed by atoms with Crippen LogP contribution in [-0.4, -0.2) is 19.2 Å². The average Bonchev–Trinajstić information content (AvgIpc) is 2.56. The first kappa shape index (κ1) is 15.8. The zero-order chi connectivity index (χ0) is 17.3. The Morgan fingerprint density at radius 3 is 2.17 bits per heavy atom. The van der Waals surface area contributed by atoms with Gasteiger partial charge in [-0.25, -0.2) is 8.78 Å². The van der Waals surface area contributed by atoms with Crippen LogP contribution in [0.5, 0.6) is 23.0 Å². The summed E-state index contributed by atoms with van der Waals surface area (Å²) in [5.74, 6) is -1.16. The van der Waals surface area contributed by atoms with Gasteiger partial charge >= 0.3 is 0 Å². The molecule has 0 amide bonds. The van der Waals surface area contributed by atoms with Crippen LogP contribution in [0.4, 0.5) is 14.5 Å². The van der Waals surface area contributed by atoms with Gasteiger partial charge in [0.1, 0.15) is 5.75 Å². The van der Waals surface area contributed by atoms with Crippen molar-refractivity contribution in [1.82, 2.24) is 4.98 Å². The van der Waals surface area contributed by atoms with Crippen molar-refractivity contribution in [2.24, 2.45) is 0 Å². The third kappa shape index (κ3) is 2.76. The number of benzene rings is 2. The van der Waals surface area contributed by atoms with E-state index in [0.29, 0.717) is 22.4 Å². The summed E-state index contributed by atoms with van der Waals surface area (Å²) >= 11 is 0. The Morgan fingerprint density at radius 1 is 0.917 bits per heavy atom. The van der Waals surface area contributed by atoms with Crippen molar-refractivity contribution in [3.63, 3.8) is 0 Å². The van der Waals surface area contributed by atoms with Gasteiger partial charge < -0.3 is 19.9 Å². The molecule has 0 radical (unpaired) electrons. The highest BCUT2D eigenvalue weighted by molar-refractivity contribution is 5.88. The highest BCUT2D eigenvalue weighted by Gasteiger charge is 2.16. The number of nitrogens with zero attached hydrogens (tertiary/aromatic N) is 1. The number of hydrogen-bond donors (Lipinski definition) is 1. The third-order valence-corrected chi connectivity index (χ3v) is 3.44. The van der Waals surface area contributed by atoms with Crippen molar-refractivity contribution in [3.8, 4) is 23.0 Å². The number of methoxy groups -OCH3 is 2. The second kappa shape index (κ2) is 6.19. The Balaban J connectivity index is 2.14. The zero-order valence-electron chi connectivity index (χ0n) is 13.0. The summed E-state index contributed by atoms with van der Waals surface area (Å²) < 4.78 is 43.8. The van der Waals surface area contributed by atoms with E-state index in [2.05, 4.69) is 4.98 Å². The number of anilines is 1. The molecule has 3 aromatic rings. The van der Waals surface area contributed by atoms with E-state index in [-0.39, 0.29) is 11.4 Å². The van der Waals surface area contributed by atoms with Crippen LogP contribution in [0.15, 0.2) is 36.5 Å². The van der Waals surface area contributed by atoms with Gasteiger partial charge in [0.15, 0.2) is 28.9 Å². The van der Waals surface area contributed by atoms with Gasteiger partial charge in [-0.2, -0.15) is 0 Å². The minimum absolute atomic E-state index is 0.0247. The van der Waals surface area contributed by atoms with Gasteiger partial charge in [-0.15, -0.1) is 0 Å². The Bertz CT molecular complexity index is 893. The molecule has 0 saturated heterocycles. The summed E-state index contributed by atoms with van der Waals surface area (Å²) in [6, 6.07) is 6.76. The number of halogens is 2. The fourth-order valence-electron chi connectivity index (χ4n) is 2.32. The SMILES string of the molecule is COc1cc2nccc(Oc3c(F)cc(N)cc3F)c2cc1OC. The molecule has 0 atom stereocenters. The Labute approximate surface area is 136 Å². The monoisotopic (exact) mass is 332 g/mol. The molecule has 7 heteroatoms.